The van der Waals surface area contributed by atoms with Gasteiger partial charge in [0.1, 0.15) is 6.67 Å². The molecule has 1 amide bonds. The third-order valence-electron chi connectivity index (χ3n) is 2.93. The molecule has 0 bridgehead atoms. The molecule has 0 spiro atoms. The predicted octanol–water partition coefficient (Wildman–Crippen LogP) is 3.09. The number of nitrogens with zero attached hydrogens (tertiary/aromatic N) is 1. The molecule has 1 aliphatic rings. The van der Waals surface area contributed by atoms with Crippen LogP contribution in [0.1, 0.15) is 18.9 Å². The van der Waals surface area contributed by atoms with E-state index in [0.717, 1.165) is 22.1 Å². The summed E-state index contributed by atoms with van der Waals surface area (Å²) >= 11 is 3.40. The topological polar surface area (TPSA) is 20.3 Å². The number of amides is 1. The Morgan fingerprint density at radius 1 is 1.62 bits per heavy atom. The van der Waals surface area contributed by atoms with Crippen molar-refractivity contribution in [1.29, 1.82) is 0 Å². The predicted molar refractivity (Wildman–Crippen MR) is 65.4 cm³/mol. The molecule has 4 heteroatoms. The molecule has 1 aromatic rings. The molecule has 0 saturated heterocycles. The second kappa shape index (κ2) is 4.53. The van der Waals surface area contributed by atoms with E-state index in [-0.39, 0.29) is 11.9 Å². The summed E-state index contributed by atoms with van der Waals surface area (Å²) in [5.74, 6) is -0.0917. The van der Waals surface area contributed by atoms with Crippen molar-refractivity contribution in [3.63, 3.8) is 0 Å². The van der Waals surface area contributed by atoms with E-state index in [4.69, 9.17) is 0 Å². The molecule has 2 rings (SSSR count). The first-order valence-electron chi connectivity index (χ1n) is 5.27. The van der Waals surface area contributed by atoms with E-state index in [2.05, 4.69) is 15.9 Å². The van der Waals surface area contributed by atoms with Gasteiger partial charge in [0.25, 0.3) is 0 Å². The molecule has 1 atom stereocenters. The third-order valence-corrected chi connectivity index (χ3v) is 3.42. The van der Waals surface area contributed by atoms with Gasteiger partial charge < -0.3 is 4.90 Å². The SMILES string of the molecule is CC(=O)N1c2ccc(Br)cc2CCC1CF. The zero-order chi connectivity index (χ0) is 11.7. The Morgan fingerprint density at radius 3 is 3.00 bits per heavy atom. The molecule has 86 valence electrons. The molecular formula is C12H13BrFNO. The average molecular weight is 286 g/mol. The zero-order valence-electron chi connectivity index (χ0n) is 9.04. The lowest BCUT2D eigenvalue weighted by molar-refractivity contribution is -0.117. The number of alkyl halides is 1. The van der Waals surface area contributed by atoms with Crippen molar-refractivity contribution in [3.8, 4) is 0 Å². The lowest BCUT2D eigenvalue weighted by atomic mass is 9.96. The minimum Gasteiger partial charge on any atom is -0.307 e. The smallest absolute Gasteiger partial charge is 0.224 e. The third kappa shape index (κ3) is 1.98. The summed E-state index contributed by atoms with van der Waals surface area (Å²) in [6.07, 6.45) is 1.52. The van der Waals surface area contributed by atoms with Crippen LogP contribution in [0.3, 0.4) is 0 Å². The summed E-state index contributed by atoms with van der Waals surface area (Å²) in [5, 5.41) is 0. The number of carbonyl (C=O) groups is 1. The molecule has 1 heterocycles. The number of carbonyl (C=O) groups excluding carboxylic acids is 1. The quantitative estimate of drug-likeness (QED) is 0.777. The number of fused-ring (bicyclic) bond motifs is 1. The van der Waals surface area contributed by atoms with Gasteiger partial charge in [-0.25, -0.2) is 4.39 Å². The van der Waals surface area contributed by atoms with E-state index in [0.29, 0.717) is 6.42 Å². The molecule has 2 nitrogen and oxygen atoms in total. The van der Waals surface area contributed by atoms with Gasteiger partial charge in [-0.3, -0.25) is 4.79 Å². The summed E-state index contributed by atoms with van der Waals surface area (Å²) in [7, 11) is 0. The van der Waals surface area contributed by atoms with Crippen LogP contribution in [0.15, 0.2) is 22.7 Å². The first-order chi connectivity index (χ1) is 7.63. The van der Waals surface area contributed by atoms with Gasteiger partial charge in [-0.2, -0.15) is 0 Å². The van der Waals surface area contributed by atoms with E-state index in [9.17, 15) is 9.18 Å². The lowest BCUT2D eigenvalue weighted by Gasteiger charge is -2.35. The highest BCUT2D eigenvalue weighted by atomic mass is 79.9. The molecule has 1 aliphatic heterocycles. The Morgan fingerprint density at radius 2 is 2.38 bits per heavy atom. The minimum atomic E-state index is -0.477. The fraction of sp³-hybridized carbons (Fsp3) is 0.417. The van der Waals surface area contributed by atoms with Crippen molar-refractivity contribution >= 4 is 27.5 Å². The van der Waals surface area contributed by atoms with E-state index in [1.807, 2.05) is 18.2 Å². The van der Waals surface area contributed by atoms with E-state index in [1.165, 1.54) is 6.92 Å². The number of rotatable bonds is 1. The summed E-state index contributed by atoms with van der Waals surface area (Å²) in [5.41, 5.74) is 1.96. The van der Waals surface area contributed by atoms with Gasteiger partial charge in [-0.05, 0) is 36.6 Å². The van der Waals surface area contributed by atoms with Crippen LogP contribution in [0, 0.1) is 0 Å². The second-order valence-electron chi connectivity index (χ2n) is 4.01. The Bertz CT molecular complexity index is 421. The zero-order valence-corrected chi connectivity index (χ0v) is 10.6. The van der Waals surface area contributed by atoms with Crippen LogP contribution < -0.4 is 4.90 Å². The molecule has 1 aromatic carbocycles. The number of aryl methyl sites for hydroxylation is 1. The van der Waals surface area contributed by atoms with Crippen LogP contribution in [0.4, 0.5) is 10.1 Å². The Labute approximate surface area is 103 Å². The van der Waals surface area contributed by atoms with Crippen LogP contribution in [-0.4, -0.2) is 18.6 Å². The number of hydrogen-bond donors (Lipinski definition) is 0. The van der Waals surface area contributed by atoms with E-state index >= 15 is 0 Å². The Balaban J connectivity index is 2.45. The number of benzene rings is 1. The molecule has 0 saturated carbocycles. The first-order valence-corrected chi connectivity index (χ1v) is 6.07. The molecule has 0 aliphatic carbocycles. The van der Waals surface area contributed by atoms with Crippen molar-refractivity contribution in [3.05, 3.63) is 28.2 Å². The van der Waals surface area contributed by atoms with Gasteiger partial charge in [0.15, 0.2) is 0 Å². The van der Waals surface area contributed by atoms with Gasteiger partial charge in [0, 0.05) is 17.1 Å². The number of anilines is 1. The van der Waals surface area contributed by atoms with Crippen molar-refractivity contribution in [2.45, 2.75) is 25.8 Å². The normalized spacial score (nSPS) is 19.4. The standard InChI is InChI=1S/C12H13BrFNO/c1-8(16)15-11(7-14)4-2-9-6-10(13)3-5-12(9)15/h3,5-6,11H,2,4,7H2,1H3. The molecule has 16 heavy (non-hydrogen) atoms. The summed E-state index contributed by atoms with van der Waals surface area (Å²) in [6.45, 7) is 1.01. The van der Waals surface area contributed by atoms with Gasteiger partial charge in [0.2, 0.25) is 5.91 Å². The summed E-state index contributed by atoms with van der Waals surface area (Å²) in [6, 6.07) is 5.46. The van der Waals surface area contributed by atoms with Crippen LogP contribution in [-0.2, 0) is 11.2 Å². The van der Waals surface area contributed by atoms with E-state index < -0.39 is 6.67 Å². The molecule has 0 N–H and O–H groups in total. The van der Waals surface area contributed by atoms with Crippen LogP contribution >= 0.6 is 15.9 Å². The van der Waals surface area contributed by atoms with Crippen LogP contribution in [0.25, 0.3) is 0 Å². The molecule has 0 fully saturated rings. The minimum absolute atomic E-state index is 0.0917. The molecular weight excluding hydrogens is 273 g/mol. The summed E-state index contributed by atoms with van der Waals surface area (Å²) in [4.78, 5) is 13.1. The highest BCUT2D eigenvalue weighted by Crippen LogP contribution is 2.33. The maximum atomic E-state index is 12.9. The van der Waals surface area contributed by atoms with E-state index in [1.54, 1.807) is 4.90 Å². The largest absolute Gasteiger partial charge is 0.307 e. The second-order valence-corrected chi connectivity index (χ2v) is 4.92. The molecule has 0 aromatic heterocycles. The van der Waals surface area contributed by atoms with Crippen molar-refractivity contribution in [2.75, 3.05) is 11.6 Å². The Hall–Kier alpha value is -0.900. The first kappa shape index (κ1) is 11.6. The lowest BCUT2D eigenvalue weighted by Crippen LogP contribution is -2.43. The monoisotopic (exact) mass is 285 g/mol. The maximum absolute atomic E-state index is 12.9. The highest BCUT2D eigenvalue weighted by molar-refractivity contribution is 9.10. The summed E-state index contributed by atoms with van der Waals surface area (Å²) < 4.78 is 13.9. The van der Waals surface area contributed by atoms with Gasteiger partial charge >= 0.3 is 0 Å². The van der Waals surface area contributed by atoms with Gasteiger partial charge in [-0.15, -0.1) is 0 Å². The molecule has 1 unspecified atom stereocenters. The van der Waals surface area contributed by atoms with Gasteiger partial charge in [0.05, 0.1) is 6.04 Å². The van der Waals surface area contributed by atoms with Crippen molar-refractivity contribution in [2.24, 2.45) is 0 Å². The van der Waals surface area contributed by atoms with Crippen LogP contribution in [0.5, 0.6) is 0 Å². The maximum Gasteiger partial charge on any atom is 0.224 e. The van der Waals surface area contributed by atoms with Crippen molar-refractivity contribution < 1.29 is 9.18 Å². The highest BCUT2D eigenvalue weighted by Gasteiger charge is 2.28. The van der Waals surface area contributed by atoms with Crippen LogP contribution in [0.2, 0.25) is 0 Å². The number of halogens is 2. The Kier molecular flexibility index (Phi) is 3.28. The van der Waals surface area contributed by atoms with Gasteiger partial charge in [-0.1, -0.05) is 15.9 Å². The molecule has 0 radical (unpaired) electrons. The number of hydrogen-bond acceptors (Lipinski definition) is 1. The van der Waals surface area contributed by atoms with Crippen molar-refractivity contribution in [1.82, 2.24) is 0 Å². The fourth-order valence-electron chi connectivity index (χ4n) is 2.21. The fourth-order valence-corrected chi connectivity index (χ4v) is 2.62. The average Bonchev–Trinajstić information content (AvgIpc) is 2.26.